The van der Waals surface area contributed by atoms with Crippen molar-refractivity contribution in [2.24, 2.45) is 11.6 Å². The molecule has 0 aliphatic rings. The van der Waals surface area contributed by atoms with Crippen LogP contribution in [0.5, 0.6) is 0 Å². The fourth-order valence-electron chi connectivity index (χ4n) is 1.07. The van der Waals surface area contributed by atoms with Gasteiger partial charge in [0.1, 0.15) is 0 Å². The van der Waals surface area contributed by atoms with Gasteiger partial charge in [0.05, 0.1) is 4.90 Å². The molecule has 0 saturated heterocycles. The van der Waals surface area contributed by atoms with Gasteiger partial charge >= 0.3 is 6.03 Å². The second-order valence-corrected chi connectivity index (χ2v) is 4.69. The Labute approximate surface area is 87.5 Å². The Morgan fingerprint density at radius 1 is 1.33 bits per heavy atom. The smallest absolute Gasteiger partial charge is 0.343 e. The molecule has 0 aliphatic heterocycles. The van der Waals surface area contributed by atoms with E-state index in [1.807, 2.05) is 0 Å². The van der Waals surface area contributed by atoms with Gasteiger partial charge in [-0.15, -0.1) is 4.41 Å². The van der Waals surface area contributed by atoms with E-state index in [1.54, 1.807) is 19.1 Å². The molecule has 0 bridgehead atoms. The third-order valence-corrected chi connectivity index (χ3v) is 3.56. The number of nitrogens with two attached hydrogens (primary N) is 2. The molecule has 0 aromatic heterocycles. The topological polar surface area (TPSA) is 106 Å². The summed E-state index contributed by atoms with van der Waals surface area (Å²) >= 11 is 0. The van der Waals surface area contributed by atoms with Gasteiger partial charge in [-0.3, -0.25) is 0 Å². The number of carbonyl (C=O) groups is 1. The molecule has 0 radical (unpaired) electrons. The highest BCUT2D eigenvalue weighted by atomic mass is 32.2. The second-order valence-electron chi connectivity index (χ2n) is 2.90. The summed E-state index contributed by atoms with van der Waals surface area (Å²) in [6.45, 7) is 1.60. The number of hydrazine groups is 1. The highest BCUT2D eigenvalue weighted by Crippen LogP contribution is 2.16. The molecule has 0 saturated carbocycles. The van der Waals surface area contributed by atoms with Crippen LogP contribution in [0.25, 0.3) is 0 Å². The molecular weight excluding hydrogens is 218 g/mol. The largest absolute Gasteiger partial charge is 0.349 e. The molecule has 1 aromatic rings. The molecule has 2 amide bonds. The van der Waals surface area contributed by atoms with Gasteiger partial charge in [-0.2, -0.15) is 8.42 Å². The van der Waals surface area contributed by atoms with Gasteiger partial charge in [-0.25, -0.2) is 10.6 Å². The fraction of sp³-hybridized carbons (Fsp3) is 0.125. The van der Waals surface area contributed by atoms with Crippen LogP contribution in [0.1, 0.15) is 5.56 Å². The predicted molar refractivity (Wildman–Crippen MR) is 54.0 cm³/mol. The quantitative estimate of drug-likeness (QED) is 0.420. The third kappa shape index (κ3) is 2.08. The van der Waals surface area contributed by atoms with Crippen LogP contribution in [0.15, 0.2) is 29.2 Å². The number of sulfonamides is 1. The van der Waals surface area contributed by atoms with Crippen LogP contribution in [0.2, 0.25) is 0 Å². The molecule has 6 nitrogen and oxygen atoms in total. The molecule has 7 heteroatoms. The zero-order valence-corrected chi connectivity index (χ0v) is 8.86. The lowest BCUT2D eigenvalue weighted by Crippen LogP contribution is -2.45. The summed E-state index contributed by atoms with van der Waals surface area (Å²) in [4.78, 5) is 10.6. The van der Waals surface area contributed by atoms with Crippen LogP contribution < -0.4 is 11.6 Å². The minimum atomic E-state index is -4.03. The fourth-order valence-corrected chi connectivity index (χ4v) is 2.24. The van der Waals surface area contributed by atoms with Gasteiger partial charge in [0, 0.05) is 0 Å². The standard InChI is InChI=1S/C8H11N3O3S/c1-6-4-2-3-5-7(6)15(13,14)11(10)8(9)12/h2-5H,10H2,1H3,(H2,9,12). The molecule has 0 atom stereocenters. The highest BCUT2D eigenvalue weighted by molar-refractivity contribution is 7.89. The predicted octanol–water partition coefficient (Wildman–Crippen LogP) is -0.0619. The summed E-state index contributed by atoms with van der Waals surface area (Å²) < 4.78 is 23.4. The van der Waals surface area contributed by atoms with Crippen LogP contribution in [-0.2, 0) is 10.0 Å². The number of primary amides is 1. The number of nitrogens with zero attached hydrogens (tertiary/aromatic N) is 1. The molecule has 0 heterocycles. The molecule has 15 heavy (non-hydrogen) atoms. The second kappa shape index (κ2) is 3.87. The zero-order valence-electron chi connectivity index (χ0n) is 8.04. The Balaban J connectivity index is 3.30. The number of benzene rings is 1. The lowest BCUT2D eigenvalue weighted by Gasteiger charge is -2.15. The number of rotatable bonds is 2. The molecule has 82 valence electrons. The van der Waals surface area contributed by atoms with Gasteiger partial charge in [-0.05, 0) is 18.6 Å². The van der Waals surface area contributed by atoms with E-state index in [2.05, 4.69) is 0 Å². The van der Waals surface area contributed by atoms with Crippen molar-refractivity contribution in [1.82, 2.24) is 4.41 Å². The van der Waals surface area contributed by atoms with Gasteiger partial charge in [-0.1, -0.05) is 18.2 Å². The first-order chi connectivity index (χ1) is 6.87. The maximum Gasteiger partial charge on any atom is 0.343 e. The SMILES string of the molecule is Cc1ccccc1S(=O)(=O)N(N)C(N)=O. The summed E-state index contributed by atoms with van der Waals surface area (Å²) in [6, 6.07) is 4.95. The normalized spacial score (nSPS) is 11.1. The van der Waals surface area contributed by atoms with Crippen molar-refractivity contribution in [1.29, 1.82) is 0 Å². The van der Waals surface area contributed by atoms with Crippen LogP contribution in [0.4, 0.5) is 4.79 Å². The third-order valence-electron chi connectivity index (χ3n) is 1.85. The Kier molecular flexibility index (Phi) is 2.96. The number of hydrogen-bond acceptors (Lipinski definition) is 4. The lowest BCUT2D eigenvalue weighted by atomic mass is 10.2. The van der Waals surface area contributed by atoms with Gasteiger partial charge < -0.3 is 5.73 Å². The van der Waals surface area contributed by atoms with Crippen molar-refractivity contribution < 1.29 is 13.2 Å². The number of aryl methyl sites for hydroxylation is 1. The minimum Gasteiger partial charge on any atom is -0.349 e. The molecular formula is C8H11N3O3S. The molecule has 1 aromatic carbocycles. The zero-order chi connectivity index (χ0) is 11.6. The van der Waals surface area contributed by atoms with Crippen molar-refractivity contribution in [2.45, 2.75) is 11.8 Å². The van der Waals surface area contributed by atoms with Crippen LogP contribution >= 0.6 is 0 Å². The maximum atomic E-state index is 11.7. The van der Waals surface area contributed by atoms with Crippen LogP contribution in [-0.4, -0.2) is 18.9 Å². The van der Waals surface area contributed by atoms with E-state index >= 15 is 0 Å². The summed E-state index contributed by atoms with van der Waals surface area (Å²) in [5.41, 5.74) is 5.29. The number of carbonyl (C=O) groups excluding carboxylic acids is 1. The van der Waals surface area contributed by atoms with E-state index in [-0.39, 0.29) is 9.31 Å². The maximum absolute atomic E-state index is 11.7. The number of urea groups is 1. The van der Waals surface area contributed by atoms with E-state index in [1.165, 1.54) is 12.1 Å². The first kappa shape index (κ1) is 11.5. The Hall–Kier alpha value is -1.60. The first-order valence-corrected chi connectivity index (χ1v) is 5.46. The lowest BCUT2D eigenvalue weighted by molar-refractivity contribution is 0.232. The summed E-state index contributed by atoms with van der Waals surface area (Å²) in [6.07, 6.45) is 0. The van der Waals surface area contributed by atoms with E-state index in [0.29, 0.717) is 5.56 Å². The molecule has 0 unspecified atom stereocenters. The highest BCUT2D eigenvalue weighted by Gasteiger charge is 2.25. The van der Waals surface area contributed by atoms with Gasteiger partial charge in [0.25, 0.3) is 10.0 Å². The molecule has 0 spiro atoms. The van der Waals surface area contributed by atoms with E-state index in [0.717, 1.165) is 0 Å². The Morgan fingerprint density at radius 2 is 1.87 bits per heavy atom. The van der Waals surface area contributed by atoms with E-state index < -0.39 is 16.1 Å². The summed E-state index contributed by atoms with van der Waals surface area (Å²) in [5, 5.41) is 0. The average Bonchev–Trinajstić information content (AvgIpc) is 2.16. The first-order valence-electron chi connectivity index (χ1n) is 4.02. The van der Waals surface area contributed by atoms with E-state index in [4.69, 9.17) is 11.6 Å². The Morgan fingerprint density at radius 3 is 2.33 bits per heavy atom. The van der Waals surface area contributed by atoms with Crippen LogP contribution in [0.3, 0.4) is 0 Å². The van der Waals surface area contributed by atoms with Crippen molar-refractivity contribution in [2.75, 3.05) is 0 Å². The molecule has 4 N–H and O–H groups in total. The van der Waals surface area contributed by atoms with Crippen molar-refractivity contribution in [3.8, 4) is 0 Å². The number of hydrogen-bond donors (Lipinski definition) is 2. The monoisotopic (exact) mass is 229 g/mol. The van der Waals surface area contributed by atoms with E-state index in [9.17, 15) is 13.2 Å². The molecule has 0 fully saturated rings. The summed E-state index contributed by atoms with van der Waals surface area (Å²) in [7, 11) is -4.03. The van der Waals surface area contributed by atoms with Crippen molar-refractivity contribution >= 4 is 16.1 Å². The Bertz CT molecular complexity index is 484. The number of amides is 2. The van der Waals surface area contributed by atoms with Gasteiger partial charge in [0.15, 0.2) is 0 Å². The molecule has 1 rings (SSSR count). The van der Waals surface area contributed by atoms with Crippen molar-refractivity contribution in [3.63, 3.8) is 0 Å². The average molecular weight is 229 g/mol. The summed E-state index contributed by atoms with van der Waals surface area (Å²) in [5.74, 6) is 5.07. The minimum absolute atomic E-state index is 0.0231. The van der Waals surface area contributed by atoms with Crippen LogP contribution in [0, 0.1) is 6.92 Å². The van der Waals surface area contributed by atoms with Crippen molar-refractivity contribution in [3.05, 3.63) is 29.8 Å². The van der Waals surface area contributed by atoms with Gasteiger partial charge in [0.2, 0.25) is 0 Å². The molecule has 0 aliphatic carbocycles.